The molecule has 1 amide bonds. The van der Waals surface area contributed by atoms with E-state index >= 15 is 0 Å². The van der Waals surface area contributed by atoms with Crippen LogP contribution in [0.5, 0.6) is 0 Å². The molecule has 1 aromatic rings. The highest BCUT2D eigenvalue weighted by Gasteiger charge is 2.30. The van der Waals surface area contributed by atoms with Gasteiger partial charge in [0, 0.05) is 18.2 Å². The van der Waals surface area contributed by atoms with E-state index < -0.39 is 23.5 Å². The van der Waals surface area contributed by atoms with Gasteiger partial charge in [-0.2, -0.15) is 0 Å². The third-order valence-electron chi connectivity index (χ3n) is 4.27. The fourth-order valence-electron chi connectivity index (χ4n) is 2.98. The first-order valence-electron chi connectivity index (χ1n) is 7.78. The summed E-state index contributed by atoms with van der Waals surface area (Å²) in [4.78, 5) is 26.0. The van der Waals surface area contributed by atoms with E-state index in [1.165, 1.54) is 13.2 Å². The van der Waals surface area contributed by atoms with E-state index in [2.05, 4.69) is 0 Å². The molecular formula is C17H21F2NO3. The third kappa shape index (κ3) is 4.06. The minimum atomic E-state index is -1.05. The Morgan fingerprint density at radius 2 is 1.91 bits per heavy atom. The van der Waals surface area contributed by atoms with E-state index in [1.807, 2.05) is 0 Å². The fourth-order valence-corrected chi connectivity index (χ4v) is 2.98. The summed E-state index contributed by atoms with van der Waals surface area (Å²) >= 11 is 0. The lowest BCUT2D eigenvalue weighted by atomic mass is 10.1. The molecule has 1 aliphatic rings. The van der Waals surface area contributed by atoms with Crippen LogP contribution in [0.3, 0.4) is 0 Å². The summed E-state index contributed by atoms with van der Waals surface area (Å²) in [5.74, 6) is -3.30. The normalized spacial score (nSPS) is 16.2. The zero-order valence-electron chi connectivity index (χ0n) is 13.4. The lowest BCUT2D eigenvalue weighted by Gasteiger charge is -2.31. The predicted molar refractivity (Wildman–Crippen MR) is 80.8 cm³/mol. The molecule has 0 heterocycles. The molecule has 0 aromatic heterocycles. The monoisotopic (exact) mass is 325 g/mol. The highest BCUT2D eigenvalue weighted by atomic mass is 19.2. The third-order valence-corrected chi connectivity index (χ3v) is 4.27. The smallest absolute Gasteiger partial charge is 0.310 e. The van der Waals surface area contributed by atoms with Gasteiger partial charge < -0.3 is 9.64 Å². The van der Waals surface area contributed by atoms with Gasteiger partial charge in [-0.1, -0.05) is 19.8 Å². The highest BCUT2D eigenvalue weighted by molar-refractivity contribution is 5.94. The number of ether oxygens (including phenoxy) is 1. The molecule has 0 N–H and O–H groups in total. The van der Waals surface area contributed by atoms with Gasteiger partial charge in [-0.3, -0.25) is 9.59 Å². The van der Waals surface area contributed by atoms with Gasteiger partial charge in [-0.25, -0.2) is 8.78 Å². The van der Waals surface area contributed by atoms with Crippen molar-refractivity contribution in [3.63, 3.8) is 0 Å². The Balaban J connectivity index is 2.23. The Hall–Kier alpha value is -1.98. The molecule has 4 nitrogen and oxygen atoms in total. The maximum Gasteiger partial charge on any atom is 0.310 e. The van der Waals surface area contributed by atoms with E-state index in [0.717, 1.165) is 37.8 Å². The predicted octanol–water partition coefficient (Wildman–Crippen LogP) is 3.16. The molecule has 1 aliphatic carbocycles. The van der Waals surface area contributed by atoms with Crippen molar-refractivity contribution in [1.82, 2.24) is 4.90 Å². The number of halogens is 2. The molecule has 1 unspecified atom stereocenters. The first-order valence-corrected chi connectivity index (χ1v) is 7.78. The summed E-state index contributed by atoms with van der Waals surface area (Å²) in [7, 11) is 1.30. The lowest BCUT2D eigenvalue weighted by Crippen LogP contribution is -2.43. The fraction of sp³-hybridized carbons (Fsp3) is 0.529. The first kappa shape index (κ1) is 17.4. The Morgan fingerprint density at radius 1 is 1.26 bits per heavy atom. The zero-order chi connectivity index (χ0) is 17.0. The second kappa shape index (κ2) is 7.53. The topological polar surface area (TPSA) is 46.6 Å². The summed E-state index contributed by atoms with van der Waals surface area (Å²) in [5, 5.41) is 0. The van der Waals surface area contributed by atoms with Crippen LogP contribution in [0.2, 0.25) is 0 Å². The molecule has 1 saturated carbocycles. The van der Waals surface area contributed by atoms with Crippen molar-refractivity contribution >= 4 is 11.9 Å². The lowest BCUT2D eigenvalue weighted by molar-refractivity contribution is -0.145. The van der Waals surface area contributed by atoms with Crippen LogP contribution >= 0.6 is 0 Å². The molecule has 0 aliphatic heterocycles. The van der Waals surface area contributed by atoms with E-state index in [-0.39, 0.29) is 24.1 Å². The van der Waals surface area contributed by atoms with Crippen molar-refractivity contribution < 1.29 is 23.1 Å². The van der Waals surface area contributed by atoms with Crippen LogP contribution in [-0.2, 0) is 9.53 Å². The summed E-state index contributed by atoms with van der Waals surface area (Å²) in [5.41, 5.74) is 0.0906. The molecule has 1 aromatic carbocycles. The van der Waals surface area contributed by atoms with E-state index in [4.69, 9.17) is 4.74 Å². The van der Waals surface area contributed by atoms with E-state index in [0.29, 0.717) is 0 Å². The number of carbonyl (C=O) groups is 2. The van der Waals surface area contributed by atoms with E-state index in [1.54, 1.807) is 11.8 Å². The number of hydrogen-bond acceptors (Lipinski definition) is 3. The number of carbonyl (C=O) groups excluding carboxylic acids is 2. The highest BCUT2D eigenvalue weighted by Crippen LogP contribution is 2.26. The summed E-state index contributed by atoms with van der Waals surface area (Å²) in [6.45, 7) is 1.89. The minimum absolute atomic E-state index is 0.0164. The van der Waals surface area contributed by atoms with Crippen molar-refractivity contribution in [2.24, 2.45) is 5.92 Å². The zero-order valence-corrected chi connectivity index (χ0v) is 13.4. The molecule has 0 radical (unpaired) electrons. The maximum absolute atomic E-state index is 13.4. The molecule has 6 heteroatoms. The summed E-state index contributed by atoms with van der Waals surface area (Å²) in [6.07, 6.45) is 3.73. The van der Waals surface area contributed by atoms with Gasteiger partial charge in [0.25, 0.3) is 5.91 Å². The molecule has 126 valence electrons. The van der Waals surface area contributed by atoms with Gasteiger partial charge >= 0.3 is 5.97 Å². The Bertz CT molecular complexity index is 585. The minimum Gasteiger partial charge on any atom is -0.469 e. The van der Waals surface area contributed by atoms with Gasteiger partial charge in [-0.05, 0) is 31.0 Å². The second-order valence-corrected chi connectivity index (χ2v) is 5.95. The second-order valence-electron chi connectivity index (χ2n) is 5.95. The Kier molecular flexibility index (Phi) is 5.69. The van der Waals surface area contributed by atoms with Crippen molar-refractivity contribution in [2.45, 2.75) is 38.6 Å². The van der Waals surface area contributed by atoms with Crippen LogP contribution < -0.4 is 0 Å². The number of nitrogens with zero attached hydrogens (tertiary/aromatic N) is 1. The average molecular weight is 325 g/mol. The SMILES string of the molecule is COC(=O)C(C)CN(C(=O)c1ccc(F)c(F)c1)C1CCCC1. The quantitative estimate of drug-likeness (QED) is 0.781. The van der Waals surface area contributed by atoms with Crippen LogP contribution in [-0.4, -0.2) is 36.5 Å². The molecule has 0 spiro atoms. The standard InChI is InChI=1S/C17H21F2NO3/c1-11(17(22)23-2)10-20(13-5-3-4-6-13)16(21)12-7-8-14(18)15(19)9-12/h7-9,11,13H,3-6,10H2,1-2H3. The van der Waals surface area contributed by atoms with Crippen molar-refractivity contribution in [3.05, 3.63) is 35.4 Å². The number of esters is 1. The maximum atomic E-state index is 13.4. The van der Waals surface area contributed by atoms with Crippen molar-refractivity contribution in [3.8, 4) is 0 Å². The van der Waals surface area contributed by atoms with E-state index in [9.17, 15) is 18.4 Å². The van der Waals surface area contributed by atoms with Crippen molar-refractivity contribution in [2.75, 3.05) is 13.7 Å². The number of amides is 1. The van der Waals surface area contributed by atoms with Crippen molar-refractivity contribution in [1.29, 1.82) is 0 Å². The number of hydrogen-bond donors (Lipinski definition) is 0. The molecule has 0 saturated heterocycles. The van der Waals surface area contributed by atoms with Gasteiger partial charge in [0.2, 0.25) is 0 Å². The van der Waals surface area contributed by atoms with Crippen LogP contribution in [0.25, 0.3) is 0 Å². The van der Waals surface area contributed by atoms with Gasteiger partial charge in [0.15, 0.2) is 11.6 Å². The Morgan fingerprint density at radius 3 is 2.48 bits per heavy atom. The number of methoxy groups -OCH3 is 1. The average Bonchev–Trinajstić information content (AvgIpc) is 3.07. The molecule has 0 bridgehead atoms. The van der Waals surface area contributed by atoms with Gasteiger partial charge in [0.05, 0.1) is 13.0 Å². The molecule has 23 heavy (non-hydrogen) atoms. The summed E-state index contributed by atoms with van der Waals surface area (Å²) < 4.78 is 31.2. The van der Waals surface area contributed by atoms with Crippen LogP contribution in [0.1, 0.15) is 43.0 Å². The van der Waals surface area contributed by atoms with Gasteiger partial charge in [0.1, 0.15) is 0 Å². The van der Waals surface area contributed by atoms with Crippen LogP contribution in [0.15, 0.2) is 18.2 Å². The van der Waals surface area contributed by atoms with Gasteiger partial charge in [-0.15, -0.1) is 0 Å². The first-order chi connectivity index (χ1) is 10.9. The van der Waals surface area contributed by atoms with Crippen LogP contribution in [0.4, 0.5) is 8.78 Å². The molecule has 2 rings (SSSR count). The molecule has 1 fully saturated rings. The largest absolute Gasteiger partial charge is 0.469 e. The number of rotatable bonds is 5. The Labute approximate surface area is 134 Å². The molecule has 1 atom stereocenters. The summed E-state index contributed by atoms with van der Waals surface area (Å²) in [6, 6.07) is 3.13. The number of benzene rings is 1. The van der Waals surface area contributed by atoms with Crippen LogP contribution in [0, 0.1) is 17.6 Å². The molecular weight excluding hydrogens is 304 g/mol.